The SMILES string of the molecule is COc1ccc(/C=C(\NC(=O)c2ccccc2)C(=O)Nc2ccc(SC(C(=O)Nc3cc(Cl)ccc3C)c3ccccc3)cc2)cc1OC. The maximum absolute atomic E-state index is 13.6. The number of benzene rings is 5. The number of rotatable bonds is 12. The lowest BCUT2D eigenvalue weighted by Crippen LogP contribution is -2.30. The third-order valence-electron chi connectivity index (χ3n) is 7.41. The quantitative estimate of drug-likeness (QED) is 0.0895. The van der Waals surface area contributed by atoms with Crippen molar-refractivity contribution in [3.63, 3.8) is 0 Å². The van der Waals surface area contributed by atoms with Crippen molar-refractivity contribution in [1.82, 2.24) is 5.32 Å². The van der Waals surface area contributed by atoms with Crippen LogP contribution in [0.15, 0.2) is 132 Å². The summed E-state index contributed by atoms with van der Waals surface area (Å²) < 4.78 is 10.7. The molecule has 3 amide bonds. The van der Waals surface area contributed by atoms with Crippen LogP contribution in [0, 0.1) is 6.92 Å². The maximum atomic E-state index is 13.6. The molecule has 0 bridgehead atoms. The van der Waals surface area contributed by atoms with Crippen LogP contribution in [-0.4, -0.2) is 31.9 Å². The van der Waals surface area contributed by atoms with E-state index in [1.807, 2.05) is 55.5 Å². The van der Waals surface area contributed by atoms with Crippen LogP contribution in [0.25, 0.3) is 6.08 Å². The van der Waals surface area contributed by atoms with Gasteiger partial charge >= 0.3 is 0 Å². The average molecular weight is 692 g/mol. The molecule has 0 fully saturated rings. The van der Waals surface area contributed by atoms with Crippen molar-refractivity contribution in [3.05, 3.63) is 154 Å². The van der Waals surface area contributed by atoms with Crippen molar-refractivity contribution in [3.8, 4) is 11.5 Å². The number of anilines is 2. The fourth-order valence-electron chi connectivity index (χ4n) is 4.83. The topological polar surface area (TPSA) is 106 Å². The molecule has 5 rings (SSSR count). The zero-order chi connectivity index (χ0) is 34.8. The number of thioether (sulfide) groups is 1. The molecule has 0 radical (unpaired) electrons. The summed E-state index contributed by atoms with van der Waals surface area (Å²) in [5.41, 5.74) is 3.91. The fourth-order valence-corrected chi connectivity index (χ4v) is 6.03. The van der Waals surface area contributed by atoms with Crippen LogP contribution in [0.4, 0.5) is 11.4 Å². The van der Waals surface area contributed by atoms with E-state index in [1.165, 1.54) is 26.0 Å². The summed E-state index contributed by atoms with van der Waals surface area (Å²) in [6, 6.07) is 35.8. The van der Waals surface area contributed by atoms with Crippen LogP contribution in [0.2, 0.25) is 5.02 Å². The summed E-state index contributed by atoms with van der Waals surface area (Å²) in [5.74, 6) is -0.157. The first-order valence-corrected chi connectivity index (χ1v) is 16.5. The summed E-state index contributed by atoms with van der Waals surface area (Å²) in [5, 5.41) is 8.60. The molecule has 0 saturated heterocycles. The molecule has 0 aliphatic heterocycles. The largest absolute Gasteiger partial charge is 0.493 e. The van der Waals surface area contributed by atoms with Gasteiger partial charge in [0.2, 0.25) is 5.91 Å². The van der Waals surface area contributed by atoms with E-state index in [4.69, 9.17) is 21.1 Å². The number of amides is 3. The first-order valence-electron chi connectivity index (χ1n) is 15.2. The van der Waals surface area contributed by atoms with Gasteiger partial charge in [0.25, 0.3) is 11.8 Å². The third kappa shape index (κ3) is 9.31. The van der Waals surface area contributed by atoms with E-state index >= 15 is 0 Å². The monoisotopic (exact) mass is 691 g/mol. The molecule has 1 unspecified atom stereocenters. The third-order valence-corrected chi connectivity index (χ3v) is 8.91. The molecule has 0 aliphatic carbocycles. The van der Waals surface area contributed by atoms with Gasteiger partial charge in [0.1, 0.15) is 10.9 Å². The molecular weight excluding hydrogens is 658 g/mol. The van der Waals surface area contributed by atoms with E-state index in [0.717, 1.165) is 16.0 Å². The van der Waals surface area contributed by atoms with E-state index in [-0.39, 0.29) is 11.6 Å². The van der Waals surface area contributed by atoms with Gasteiger partial charge in [-0.3, -0.25) is 14.4 Å². The summed E-state index contributed by atoms with van der Waals surface area (Å²) in [6.45, 7) is 1.91. The van der Waals surface area contributed by atoms with Gasteiger partial charge in [-0.2, -0.15) is 0 Å². The Kier molecular flexibility index (Phi) is 11.8. The highest BCUT2D eigenvalue weighted by Gasteiger charge is 2.23. The standard InChI is InChI=1S/C39H34ClN3O5S/c1-25-14-16-29(40)24-32(25)42-39(46)36(27-10-6-4-7-11-27)49-31-19-17-30(18-20-31)41-38(45)33(43-37(44)28-12-8-5-9-13-28)22-26-15-21-34(47-2)35(23-26)48-3/h4-24,36H,1-3H3,(H,41,45)(H,42,46)(H,43,44)/b33-22-. The Bertz CT molecular complexity index is 1970. The number of carbonyl (C=O) groups is 3. The van der Waals surface area contributed by atoms with Gasteiger partial charge in [-0.25, -0.2) is 0 Å². The van der Waals surface area contributed by atoms with Crippen LogP contribution in [0.5, 0.6) is 11.5 Å². The Balaban J connectivity index is 1.36. The van der Waals surface area contributed by atoms with Crippen LogP contribution < -0.4 is 25.4 Å². The number of aryl methyl sites for hydroxylation is 1. The highest BCUT2D eigenvalue weighted by Crippen LogP contribution is 2.37. The lowest BCUT2D eigenvalue weighted by Gasteiger charge is -2.18. The fraction of sp³-hybridized carbons (Fsp3) is 0.103. The first-order chi connectivity index (χ1) is 23.7. The number of ether oxygens (including phenoxy) is 2. The lowest BCUT2D eigenvalue weighted by atomic mass is 10.1. The zero-order valence-electron chi connectivity index (χ0n) is 27.0. The second-order valence-electron chi connectivity index (χ2n) is 10.8. The van der Waals surface area contributed by atoms with Crippen molar-refractivity contribution in [2.24, 2.45) is 0 Å². The van der Waals surface area contributed by atoms with Crippen molar-refractivity contribution in [2.45, 2.75) is 17.1 Å². The van der Waals surface area contributed by atoms with Crippen LogP contribution in [-0.2, 0) is 9.59 Å². The normalized spacial score (nSPS) is 11.6. The molecule has 0 heterocycles. The second kappa shape index (κ2) is 16.5. The van der Waals surface area contributed by atoms with Gasteiger partial charge in [0.15, 0.2) is 11.5 Å². The minimum atomic E-state index is -0.566. The molecule has 0 saturated carbocycles. The predicted molar refractivity (Wildman–Crippen MR) is 196 cm³/mol. The minimum Gasteiger partial charge on any atom is -0.493 e. The van der Waals surface area contributed by atoms with Gasteiger partial charge in [0, 0.05) is 26.9 Å². The molecule has 1 atom stereocenters. The molecule has 3 N–H and O–H groups in total. The van der Waals surface area contributed by atoms with E-state index in [0.29, 0.717) is 39.0 Å². The first kappa shape index (κ1) is 34.8. The molecule has 5 aromatic rings. The number of methoxy groups -OCH3 is 2. The Morgan fingerprint density at radius 3 is 2.10 bits per heavy atom. The molecule has 0 aromatic heterocycles. The van der Waals surface area contributed by atoms with Crippen molar-refractivity contribution >= 4 is 58.5 Å². The number of nitrogens with one attached hydrogen (secondary N) is 3. The van der Waals surface area contributed by atoms with E-state index in [9.17, 15) is 14.4 Å². The molecular formula is C39H34ClN3O5S. The Morgan fingerprint density at radius 2 is 1.43 bits per heavy atom. The maximum Gasteiger partial charge on any atom is 0.272 e. The molecule has 8 nitrogen and oxygen atoms in total. The summed E-state index contributed by atoms with van der Waals surface area (Å²) in [4.78, 5) is 41.1. The van der Waals surface area contributed by atoms with E-state index in [2.05, 4.69) is 16.0 Å². The molecule has 0 aliphatic rings. The van der Waals surface area contributed by atoms with E-state index < -0.39 is 17.1 Å². The highest BCUT2D eigenvalue weighted by atomic mass is 35.5. The second-order valence-corrected chi connectivity index (χ2v) is 12.4. The summed E-state index contributed by atoms with van der Waals surface area (Å²) >= 11 is 7.57. The number of halogens is 1. The Hall–Kier alpha value is -5.51. The van der Waals surface area contributed by atoms with Gasteiger partial charge in [-0.05, 0) is 90.4 Å². The number of hydrogen-bond donors (Lipinski definition) is 3. The Morgan fingerprint density at radius 1 is 0.755 bits per heavy atom. The lowest BCUT2D eigenvalue weighted by molar-refractivity contribution is -0.116. The Labute approximate surface area is 294 Å². The van der Waals surface area contributed by atoms with Crippen molar-refractivity contribution in [2.75, 3.05) is 24.9 Å². The molecule has 49 heavy (non-hydrogen) atoms. The van der Waals surface area contributed by atoms with Crippen molar-refractivity contribution in [1.29, 1.82) is 0 Å². The van der Waals surface area contributed by atoms with Crippen LogP contribution >= 0.6 is 23.4 Å². The molecule has 5 aromatic carbocycles. The van der Waals surface area contributed by atoms with Crippen LogP contribution in [0.1, 0.15) is 32.3 Å². The smallest absolute Gasteiger partial charge is 0.272 e. The summed E-state index contributed by atoms with van der Waals surface area (Å²) in [7, 11) is 3.06. The zero-order valence-corrected chi connectivity index (χ0v) is 28.6. The van der Waals surface area contributed by atoms with Gasteiger partial charge in [-0.1, -0.05) is 72.3 Å². The van der Waals surface area contributed by atoms with Crippen LogP contribution in [0.3, 0.4) is 0 Å². The molecule has 0 spiro atoms. The molecule has 248 valence electrons. The van der Waals surface area contributed by atoms with Gasteiger partial charge in [0.05, 0.1) is 14.2 Å². The van der Waals surface area contributed by atoms with E-state index in [1.54, 1.807) is 78.9 Å². The number of carbonyl (C=O) groups excluding carboxylic acids is 3. The number of hydrogen-bond acceptors (Lipinski definition) is 6. The highest BCUT2D eigenvalue weighted by molar-refractivity contribution is 8.00. The predicted octanol–water partition coefficient (Wildman–Crippen LogP) is 8.55. The average Bonchev–Trinajstić information content (AvgIpc) is 3.13. The summed E-state index contributed by atoms with van der Waals surface area (Å²) in [6.07, 6.45) is 1.56. The van der Waals surface area contributed by atoms with Gasteiger partial charge < -0.3 is 25.4 Å². The van der Waals surface area contributed by atoms with Gasteiger partial charge in [-0.15, -0.1) is 11.8 Å². The minimum absolute atomic E-state index is 0.0247. The molecule has 10 heteroatoms. The van der Waals surface area contributed by atoms with Crippen molar-refractivity contribution < 1.29 is 23.9 Å².